The van der Waals surface area contributed by atoms with Crippen molar-refractivity contribution in [3.05, 3.63) is 48.3 Å². The van der Waals surface area contributed by atoms with E-state index in [9.17, 15) is 0 Å². The van der Waals surface area contributed by atoms with Gasteiger partial charge in [-0.2, -0.15) is 10.4 Å². The molecule has 0 saturated carbocycles. The van der Waals surface area contributed by atoms with Crippen molar-refractivity contribution in [2.24, 2.45) is 0 Å². The Bertz CT molecular complexity index is 482. The molecule has 4 heteroatoms. The van der Waals surface area contributed by atoms with Crippen LogP contribution in [-0.4, -0.2) is 16.3 Å². The Hall–Kier alpha value is -2.12. The third-order valence-corrected chi connectivity index (χ3v) is 2.26. The molecular weight excluding hydrogens is 200 g/mol. The van der Waals surface area contributed by atoms with Crippen molar-refractivity contribution in [1.29, 1.82) is 5.26 Å². The highest BCUT2D eigenvalue weighted by molar-refractivity contribution is 5.40. The Morgan fingerprint density at radius 1 is 1.31 bits per heavy atom. The van der Waals surface area contributed by atoms with E-state index < -0.39 is 0 Å². The van der Waals surface area contributed by atoms with Gasteiger partial charge in [0.1, 0.15) is 0 Å². The van der Waals surface area contributed by atoms with E-state index >= 15 is 0 Å². The summed E-state index contributed by atoms with van der Waals surface area (Å²) in [6.07, 6.45) is 3.66. The van der Waals surface area contributed by atoms with Crippen molar-refractivity contribution < 1.29 is 0 Å². The van der Waals surface area contributed by atoms with Crippen molar-refractivity contribution in [3.8, 4) is 11.8 Å². The average molecular weight is 212 g/mol. The molecule has 0 spiro atoms. The molecule has 0 aliphatic carbocycles. The molecule has 1 aromatic heterocycles. The second-order valence-corrected chi connectivity index (χ2v) is 3.34. The number of nitrogens with zero attached hydrogens (tertiary/aromatic N) is 3. The average Bonchev–Trinajstić information content (AvgIpc) is 2.83. The van der Waals surface area contributed by atoms with Gasteiger partial charge in [0.15, 0.2) is 0 Å². The lowest BCUT2D eigenvalue weighted by molar-refractivity contribution is 0.750. The van der Waals surface area contributed by atoms with E-state index in [0.717, 1.165) is 11.3 Å². The zero-order valence-corrected chi connectivity index (χ0v) is 8.80. The Labute approximate surface area is 94.1 Å². The summed E-state index contributed by atoms with van der Waals surface area (Å²) in [6.45, 7) is 1.02. The fraction of sp³-hybridized carbons (Fsp3) is 0.167. The normalized spacial score (nSPS) is 9.94. The molecule has 1 heterocycles. The monoisotopic (exact) mass is 212 g/mol. The Morgan fingerprint density at radius 3 is 2.94 bits per heavy atom. The molecule has 1 aromatic carbocycles. The van der Waals surface area contributed by atoms with E-state index in [1.807, 2.05) is 41.2 Å². The molecule has 0 fully saturated rings. The SMILES string of the molecule is N#CCNCc1ccccc1-n1cccn1. The second-order valence-electron chi connectivity index (χ2n) is 3.34. The van der Waals surface area contributed by atoms with Crippen LogP contribution in [0.4, 0.5) is 0 Å². The molecule has 0 saturated heterocycles. The van der Waals surface area contributed by atoms with Crippen molar-refractivity contribution >= 4 is 0 Å². The van der Waals surface area contributed by atoms with Gasteiger partial charge >= 0.3 is 0 Å². The first-order valence-corrected chi connectivity index (χ1v) is 5.07. The fourth-order valence-electron chi connectivity index (χ4n) is 1.55. The number of hydrogen-bond acceptors (Lipinski definition) is 3. The Morgan fingerprint density at radius 2 is 2.19 bits per heavy atom. The lowest BCUT2D eigenvalue weighted by atomic mass is 10.2. The molecule has 1 N–H and O–H groups in total. The van der Waals surface area contributed by atoms with E-state index in [1.165, 1.54) is 0 Å². The minimum Gasteiger partial charge on any atom is -0.300 e. The van der Waals surface area contributed by atoms with E-state index in [2.05, 4.69) is 16.5 Å². The summed E-state index contributed by atoms with van der Waals surface area (Å²) in [5.41, 5.74) is 2.17. The van der Waals surface area contributed by atoms with Crippen LogP contribution in [-0.2, 0) is 6.54 Å². The molecule has 4 nitrogen and oxygen atoms in total. The van der Waals surface area contributed by atoms with Crippen LogP contribution in [0.15, 0.2) is 42.7 Å². The van der Waals surface area contributed by atoms with Gasteiger partial charge in [0.05, 0.1) is 18.3 Å². The summed E-state index contributed by atoms with van der Waals surface area (Å²) >= 11 is 0. The molecular formula is C12H12N4. The van der Waals surface area contributed by atoms with Crippen LogP contribution in [0.3, 0.4) is 0 Å². The lowest BCUT2D eigenvalue weighted by Gasteiger charge is -2.08. The smallest absolute Gasteiger partial charge is 0.0843 e. The maximum absolute atomic E-state index is 8.47. The number of aromatic nitrogens is 2. The molecule has 0 unspecified atom stereocenters. The maximum Gasteiger partial charge on any atom is 0.0843 e. The van der Waals surface area contributed by atoms with Gasteiger partial charge in [0, 0.05) is 18.9 Å². The third kappa shape index (κ3) is 2.27. The zero-order chi connectivity index (χ0) is 11.2. The first-order chi connectivity index (χ1) is 7.92. The summed E-state index contributed by atoms with van der Waals surface area (Å²) in [7, 11) is 0. The second kappa shape index (κ2) is 5.10. The topological polar surface area (TPSA) is 53.6 Å². The molecule has 80 valence electrons. The molecule has 2 aromatic rings. The highest BCUT2D eigenvalue weighted by atomic mass is 15.3. The molecule has 0 atom stereocenters. The summed E-state index contributed by atoms with van der Waals surface area (Å²) in [6, 6.07) is 11.9. The van der Waals surface area contributed by atoms with E-state index in [1.54, 1.807) is 6.20 Å². The molecule has 0 amide bonds. The van der Waals surface area contributed by atoms with Gasteiger partial charge < -0.3 is 5.32 Å². The largest absolute Gasteiger partial charge is 0.300 e. The van der Waals surface area contributed by atoms with E-state index in [4.69, 9.17) is 5.26 Å². The van der Waals surface area contributed by atoms with Gasteiger partial charge in [-0.3, -0.25) is 0 Å². The quantitative estimate of drug-likeness (QED) is 0.617. The van der Waals surface area contributed by atoms with Crippen LogP contribution in [0, 0.1) is 11.3 Å². The van der Waals surface area contributed by atoms with Gasteiger partial charge in [-0.1, -0.05) is 18.2 Å². The van der Waals surface area contributed by atoms with Crippen LogP contribution in [0.25, 0.3) is 5.69 Å². The van der Waals surface area contributed by atoms with E-state index in [-0.39, 0.29) is 0 Å². The standard InChI is InChI=1S/C12H12N4/c13-6-8-14-10-11-4-1-2-5-12(11)16-9-3-7-15-16/h1-5,7,9,14H,8,10H2. The van der Waals surface area contributed by atoms with Crippen LogP contribution in [0.1, 0.15) is 5.56 Å². The lowest BCUT2D eigenvalue weighted by Crippen LogP contribution is -2.14. The third-order valence-electron chi connectivity index (χ3n) is 2.26. The van der Waals surface area contributed by atoms with Crippen molar-refractivity contribution in [2.45, 2.75) is 6.54 Å². The summed E-state index contributed by atoms with van der Waals surface area (Å²) in [5, 5.41) is 15.7. The molecule has 0 aliphatic heterocycles. The summed E-state index contributed by atoms with van der Waals surface area (Å²) in [4.78, 5) is 0. The molecule has 0 aliphatic rings. The fourth-order valence-corrected chi connectivity index (χ4v) is 1.55. The maximum atomic E-state index is 8.47. The molecule has 2 rings (SSSR count). The van der Waals surface area contributed by atoms with Crippen molar-refractivity contribution in [2.75, 3.05) is 6.54 Å². The highest BCUT2D eigenvalue weighted by Gasteiger charge is 2.02. The predicted octanol–water partition coefficient (Wildman–Crippen LogP) is 1.49. The van der Waals surface area contributed by atoms with Crippen LogP contribution in [0.5, 0.6) is 0 Å². The van der Waals surface area contributed by atoms with Crippen LogP contribution >= 0.6 is 0 Å². The van der Waals surface area contributed by atoms with Crippen LogP contribution in [0.2, 0.25) is 0 Å². The van der Waals surface area contributed by atoms with Gasteiger partial charge in [0.2, 0.25) is 0 Å². The minimum atomic E-state index is 0.355. The van der Waals surface area contributed by atoms with Crippen LogP contribution < -0.4 is 5.32 Å². The number of rotatable bonds is 4. The minimum absolute atomic E-state index is 0.355. The van der Waals surface area contributed by atoms with Gasteiger partial charge in [-0.05, 0) is 17.7 Å². The van der Waals surface area contributed by atoms with E-state index in [0.29, 0.717) is 13.1 Å². The Kier molecular flexibility index (Phi) is 3.31. The highest BCUT2D eigenvalue weighted by Crippen LogP contribution is 2.12. The zero-order valence-electron chi connectivity index (χ0n) is 8.80. The summed E-state index contributed by atoms with van der Waals surface area (Å²) in [5.74, 6) is 0. The first kappa shape index (κ1) is 10.4. The van der Waals surface area contributed by atoms with Gasteiger partial charge in [-0.15, -0.1) is 0 Å². The molecule has 16 heavy (non-hydrogen) atoms. The number of benzene rings is 1. The molecule has 0 bridgehead atoms. The number of nitrogens with one attached hydrogen (secondary N) is 1. The Balaban J connectivity index is 2.22. The van der Waals surface area contributed by atoms with Gasteiger partial charge in [0.25, 0.3) is 0 Å². The first-order valence-electron chi connectivity index (χ1n) is 5.07. The number of nitriles is 1. The number of hydrogen-bond donors (Lipinski definition) is 1. The predicted molar refractivity (Wildman–Crippen MR) is 60.9 cm³/mol. The van der Waals surface area contributed by atoms with Crippen molar-refractivity contribution in [1.82, 2.24) is 15.1 Å². The summed E-state index contributed by atoms with van der Waals surface area (Å²) < 4.78 is 1.82. The van der Waals surface area contributed by atoms with Crippen molar-refractivity contribution in [3.63, 3.8) is 0 Å². The number of para-hydroxylation sites is 1. The van der Waals surface area contributed by atoms with Gasteiger partial charge in [-0.25, -0.2) is 4.68 Å². The molecule has 0 radical (unpaired) electrons.